The zero-order chi connectivity index (χ0) is 29.9. The highest BCUT2D eigenvalue weighted by atomic mass is 16.6. The van der Waals surface area contributed by atoms with Crippen molar-refractivity contribution in [1.82, 2.24) is 19.7 Å². The van der Waals surface area contributed by atoms with Gasteiger partial charge in [0.25, 0.3) is 0 Å². The number of nitrogens with zero attached hydrogens (tertiary/aromatic N) is 5. The molecule has 8 nitrogen and oxygen atoms in total. The number of likely N-dealkylation sites (tertiary alicyclic amines) is 1. The molecule has 1 amide bonds. The normalized spacial score (nSPS) is 20.1. The summed E-state index contributed by atoms with van der Waals surface area (Å²) in [5, 5.41) is 7.08. The van der Waals surface area contributed by atoms with Gasteiger partial charge in [0, 0.05) is 60.1 Å². The first-order valence-corrected chi connectivity index (χ1v) is 15.5. The number of aryl methyl sites for hydroxylation is 1. The monoisotopic (exact) mass is 579 g/mol. The first-order valence-electron chi connectivity index (χ1n) is 15.5. The van der Waals surface area contributed by atoms with Crippen LogP contribution in [0.4, 0.5) is 10.6 Å². The molecule has 0 N–H and O–H groups in total. The van der Waals surface area contributed by atoms with Gasteiger partial charge >= 0.3 is 6.09 Å². The average molecular weight is 580 g/mol. The van der Waals surface area contributed by atoms with Crippen molar-refractivity contribution in [3.63, 3.8) is 0 Å². The third kappa shape index (κ3) is 4.85. The lowest BCUT2D eigenvalue weighted by Crippen LogP contribution is -2.60. The minimum atomic E-state index is -0.493. The van der Waals surface area contributed by atoms with Crippen molar-refractivity contribution in [2.24, 2.45) is 5.41 Å². The smallest absolute Gasteiger partial charge is 0.410 e. The van der Waals surface area contributed by atoms with E-state index in [9.17, 15) is 4.79 Å². The molecular weight excluding hydrogens is 538 g/mol. The minimum absolute atomic E-state index is 0.0334. The molecule has 0 bridgehead atoms. The molecule has 43 heavy (non-hydrogen) atoms. The average Bonchev–Trinajstić information content (AvgIpc) is 3.61. The fourth-order valence-electron chi connectivity index (χ4n) is 7.22. The summed E-state index contributed by atoms with van der Waals surface area (Å²) < 4.78 is 13.8. The summed E-state index contributed by atoms with van der Waals surface area (Å²) in [6, 6.07) is 12.8. The topological polar surface area (TPSA) is 72.7 Å². The maximum Gasteiger partial charge on any atom is 0.410 e. The first kappa shape index (κ1) is 27.9. The minimum Gasteiger partial charge on any atom is -0.444 e. The van der Waals surface area contributed by atoms with Crippen LogP contribution in [0.1, 0.15) is 63.8 Å². The number of anilines is 1. The van der Waals surface area contributed by atoms with Gasteiger partial charge in [0.1, 0.15) is 11.4 Å². The van der Waals surface area contributed by atoms with Gasteiger partial charge in [0.05, 0.1) is 17.2 Å². The van der Waals surface area contributed by atoms with Crippen molar-refractivity contribution in [2.45, 2.75) is 65.2 Å². The number of hydrogen-bond acceptors (Lipinski definition) is 6. The molecule has 8 heteroatoms. The largest absolute Gasteiger partial charge is 0.444 e. The number of para-hydroxylation sites is 1. The van der Waals surface area contributed by atoms with Crippen molar-refractivity contribution >= 4 is 39.8 Å². The van der Waals surface area contributed by atoms with Crippen LogP contribution in [0.25, 0.3) is 39.0 Å². The van der Waals surface area contributed by atoms with Crippen LogP contribution in [0.5, 0.6) is 0 Å². The molecule has 3 saturated heterocycles. The maximum atomic E-state index is 12.7. The van der Waals surface area contributed by atoms with E-state index in [0.29, 0.717) is 13.1 Å². The molecule has 1 atom stereocenters. The number of fused-ring (bicyclic) bond motifs is 2. The second-order valence-corrected chi connectivity index (χ2v) is 13.6. The molecule has 1 spiro atoms. The number of rotatable bonds is 4. The van der Waals surface area contributed by atoms with Gasteiger partial charge < -0.3 is 19.3 Å². The Morgan fingerprint density at radius 1 is 1.09 bits per heavy atom. The van der Waals surface area contributed by atoms with Crippen LogP contribution >= 0.6 is 0 Å². The predicted octanol–water partition coefficient (Wildman–Crippen LogP) is 7.35. The van der Waals surface area contributed by atoms with Crippen LogP contribution < -0.4 is 4.90 Å². The molecule has 0 radical (unpaired) electrons. The van der Waals surface area contributed by atoms with Gasteiger partial charge in [0.15, 0.2) is 6.23 Å². The molecule has 3 aliphatic rings. The van der Waals surface area contributed by atoms with E-state index in [1.807, 2.05) is 37.9 Å². The second kappa shape index (κ2) is 10.4. The standard InChI is InChI=1S/C35H41N5O3/c1-6-24-31(30-23(2)14-15-28-26(30)19-36-40(28)29-13-9-10-18-42-29)25-11-7-8-12-27(25)37-32(24)38-17-16-35(20-38)21-39(22-35)33(41)43-34(3,4)5/h6-8,11-12,14-15,19,29H,1,9-10,13,16-18,20-22H2,2-5H3. The van der Waals surface area contributed by atoms with E-state index in [2.05, 4.69) is 59.5 Å². The fourth-order valence-corrected chi connectivity index (χ4v) is 7.22. The lowest BCUT2D eigenvalue weighted by atomic mass is 9.79. The summed E-state index contributed by atoms with van der Waals surface area (Å²) in [5.41, 5.74) is 6.15. The first-order chi connectivity index (χ1) is 20.7. The second-order valence-electron chi connectivity index (χ2n) is 13.6. The Hall–Kier alpha value is -3.91. The number of hydrogen-bond donors (Lipinski definition) is 0. The van der Waals surface area contributed by atoms with Gasteiger partial charge in [-0.15, -0.1) is 0 Å². The molecule has 4 aromatic rings. The van der Waals surface area contributed by atoms with Gasteiger partial charge in [-0.2, -0.15) is 5.10 Å². The molecule has 7 rings (SSSR count). The Bertz CT molecular complexity index is 1720. The molecule has 2 aromatic carbocycles. The maximum absolute atomic E-state index is 12.7. The third-order valence-electron chi connectivity index (χ3n) is 9.22. The quantitative estimate of drug-likeness (QED) is 0.252. The molecule has 5 heterocycles. The number of ether oxygens (including phenoxy) is 2. The molecule has 3 fully saturated rings. The lowest BCUT2D eigenvalue weighted by Gasteiger charge is -2.47. The third-order valence-corrected chi connectivity index (χ3v) is 9.22. The Morgan fingerprint density at radius 2 is 1.91 bits per heavy atom. The van der Waals surface area contributed by atoms with E-state index in [1.165, 1.54) is 11.1 Å². The van der Waals surface area contributed by atoms with Crippen molar-refractivity contribution in [2.75, 3.05) is 37.7 Å². The number of carbonyl (C=O) groups is 1. The highest BCUT2D eigenvalue weighted by Gasteiger charge is 2.51. The fraction of sp³-hybridized carbons (Fsp3) is 0.457. The number of amides is 1. The molecule has 1 unspecified atom stereocenters. The van der Waals surface area contributed by atoms with Crippen LogP contribution in [-0.4, -0.2) is 64.1 Å². The molecule has 224 valence electrons. The summed E-state index contributed by atoms with van der Waals surface area (Å²) in [5.74, 6) is 0.954. The Labute approximate surface area is 253 Å². The number of aromatic nitrogens is 3. The van der Waals surface area contributed by atoms with E-state index in [0.717, 1.165) is 84.1 Å². The van der Waals surface area contributed by atoms with Gasteiger partial charge in [-0.05, 0) is 76.6 Å². The zero-order valence-electron chi connectivity index (χ0n) is 25.7. The summed E-state index contributed by atoms with van der Waals surface area (Å²) in [6.07, 6.45) is 7.95. The molecule has 0 saturated carbocycles. The van der Waals surface area contributed by atoms with Gasteiger partial charge in [0.2, 0.25) is 0 Å². The van der Waals surface area contributed by atoms with E-state index < -0.39 is 5.60 Å². The highest BCUT2D eigenvalue weighted by Crippen LogP contribution is 2.46. The Kier molecular flexibility index (Phi) is 6.73. The van der Waals surface area contributed by atoms with E-state index in [1.54, 1.807) is 0 Å². The summed E-state index contributed by atoms with van der Waals surface area (Å²) in [4.78, 5) is 22.1. The van der Waals surface area contributed by atoms with Gasteiger partial charge in [-0.1, -0.05) is 36.9 Å². The summed E-state index contributed by atoms with van der Waals surface area (Å²) in [6.45, 7) is 16.1. The van der Waals surface area contributed by atoms with Crippen molar-refractivity contribution in [1.29, 1.82) is 0 Å². The van der Waals surface area contributed by atoms with E-state index in [4.69, 9.17) is 19.6 Å². The lowest BCUT2D eigenvalue weighted by molar-refractivity contribution is -0.0366. The van der Waals surface area contributed by atoms with Crippen LogP contribution in [-0.2, 0) is 9.47 Å². The van der Waals surface area contributed by atoms with Crippen LogP contribution in [0.15, 0.2) is 49.2 Å². The van der Waals surface area contributed by atoms with Crippen molar-refractivity contribution in [3.05, 3.63) is 60.3 Å². The molecule has 3 aliphatic heterocycles. The van der Waals surface area contributed by atoms with Crippen LogP contribution in [0.3, 0.4) is 0 Å². The Morgan fingerprint density at radius 3 is 2.65 bits per heavy atom. The summed E-state index contributed by atoms with van der Waals surface area (Å²) >= 11 is 0. The number of pyridine rings is 1. The van der Waals surface area contributed by atoms with Crippen molar-refractivity contribution in [3.8, 4) is 11.1 Å². The molecule has 2 aromatic heterocycles. The van der Waals surface area contributed by atoms with Gasteiger partial charge in [-0.3, -0.25) is 0 Å². The molecular formula is C35H41N5O3. The van der Waals surface area contributed by atoms with Crippen LogP contribution in [0.2, 0.25) is 0 Å². The van der Waals surface area contributed by atoms with Crippen molar-refractivity contribution < 1.29 is 14.3 Å². The SMILES string of the molecule is C=Cc1c(N2CCC3(CN(C(=O)OC(C)(C)C)C3)C2)nc2ccccc2c1-c1c(C)ccc2c1cnn2C1CCCCO1. The number of carbonyl (C=O) groups excluding carboxylic acids is 1. The Balaban J connectivity index is 1.29. The van der Waals surface area contributed by atoms with E-state index in [-0.39, 0.29) is 17.7 Å². The predicted molar refractivity (Wildman–Crippen MR) is 171 cm³/mol. The van der Waals surface area contributed by atoms with Crippen LogP contribution in [0, 0.1) is 12.3 Å². The van der Waals surface area contributed by atoms with Gasteiger partial charge in [-0.25, -0.2) is 14.5 Å². The van der Waals surface area contributed by atoms with E-state index >= 15 is 0 Å². The number of benzene rings is 2. The summed E-state index contributed by atoms with van der Waals surface area (Å²) in [7, 11) is 0. The zero-order valence-corrected chi connectivity index (χ0v) is 25.7. The highest BCUT2D eigenvalue weighted by molar-refractivity contribution is 6.09. The molecule has 0 aliphatic carbocycles.